The summed E-state index contributed by atoms with van der Waals surface area (Å²) in [5.74, 6) is 1.36. The lowest BCUT2D eigenvalue weighted by Gasteiger charge is -2.30. The minimum absolute atomic E-state index is 0.117. The van der Waals surface area contributed by atoms with Crippen molar-refractivity contribution in [1.82, 2.24) is 14.6 Å². The van der Waals surface area contributed by atoms with E-state index in [1.165, 1.54) is 4.31 Å². The molecule has 1 heterocycles. The van der Waals surface area contributed by atoms with Crippen LogP contribution in [-0.4, -0.2) is 62.1 Å². The van der Waals surface area contributed by atoms with Crippen molar-refractivity contribution < 1.29 is 27.4 Å². The maximum absolute atomic E-state index is 14.5. The number of nitrogens with zero attached hydrogens (tertiary/aromatic N) is 4. The molecule has 0 spiro atoms. The molecule has 0 saturated carbocycles. The van der Waals surface area contributed by atoms with Crippen LogP contribution in [-0.2, 0) is 27.8 Å². The first kappa shape index (κ1) is 31.8. The zero-order valence-corrected chi connectivity index (χ0v) is 26.0. The Hall–Kier alpha value is -4.16. The molecule has 0 radical (unpaired) electrons. The lowest BCUT2D eigenvalue weighted by molar-refractivity contribution is 0.0520. The molecule has 0 aromatic heterocycles. The SMILES string of the molecule is COc1ccc(CN(Cc2ccc(OC)cc2)S(=O)(=O)[C@@H]2N=NN(CCNC(=O)OC(C)(C)C)[C@H]2c2ccccc2)cc1. The molecule has 230 valence electrons. The topological polar surface area (TPSA) is 122 Å². The highest BCUT2D eigenvalue weighted by Gasteiger charge is 2.45. The first-order valence-corrected chi connectivity index (χ1v) is 15.4. The number of alkyl carbamates (subject to hydrolysis) is 1. The summed E-state index contributed by atoms with van der Waals surface area (Å²) in [7, 11) is -0.903. The molecule has 3 aromatic carbocycles. The third kappa shape index (κ3) is 8.45. The zero-order valence-electron chi connectivity index (χ0n) is 25.1. The van der Waals surface area contributed by atoms with Crippen LogP contribution in [0.15, 0.2) is 89.2 Å². The Morgan fingerprint density at radius 1 is 0.884 bits per heavy atom. The van der Waals surface area contributed by atoms with Gasteiger partial charge in [0.25, 0.3) is 0 Å². The van der Waals surface area contributed by atoms with Gasteiger partial charge in [-0.15, -0.1) is 5.11 Å². The van der Waals surface area contributed by atoms with Crippen LogP contribution in [0.3, 0.4) is 0 Å². The van der Waals surface area contributed by atoms with Gasteiger partial charge in [0.05, 0.1) is 20.8 Å². The Balaban J connectivity index is 1.61. The van der Waals surface area contributed by atoms with Crippen molar-refractivity contribution in [3.05, 3.63) is 95.6 Å². The fourth-order valence-electron chi connectivity index (χ4n) is 4.62. The van der Waals surface area contributed by atoms with Crippen molar-refractivity contribution in [2.24, 2.45) is 10.3 Å². The van der Waals surface area contributed by atoms with Crippen LogP contribution in [0, 0.1) is 0 Å². The van der Waals surface area contributed by atoms with Crippen LogP contribution in [0.2, 0.25) is 0 Å². The van der Waals surface area contributed by atoms with E-state index in [9.17, 15) is 13.2 Å². The number of sulfonamides is 1. The van der Waals surface area contributed by atoms with E-state index < -0.39 is 33.1 Å². The Morgan fingerprint density at radius 2 is 1.42 bits per heavy atom. The van der Waals surface area contributed by atoms with Gasteiger partial charge in [-0.1, -0.05) is 59.8 Å². The monoisotopic (exact) mass is 609 g/mol. The summed E-state index contributed by atoms with van der Waals surface area (Å²) in [5, 5.41) is 11.7. The molecule has 1 aliphatic heterocycles. The Kier molecular flexibility index (Phi) is 10.3. The van der Waals surface area contributed by atoms with Crippen molar-refractivity contribution >= 4 is 16.1 Å². The summed E-state index contributed by atoms with van der Waals surface area (Å²) in [6.45, 7) is 6.00. The van der Waals surface area contributed by atoms with Crippen LogP contribution < -0.4 is 14.8 Å². The number of nitrogens with one attached hydrogen (secondary N) is 1. The molecule has 0 aliphatic carbocycles. The number of benzene rings is 3. The molecule has 4 rings (SSSR count). The normalized spacial score (nSPS) is 16.7. The summed E-state index contributed by atoms with van der Waals surface area (Å²) in [6, 6.07) is 23.1. The van der Waals surface area contributed by atoms with Crippen molar-refractivity contribution in [3.63, 3.8) is 0 Å². The van der Waals surface area contributed by atoms with E-state index in [-0.39, 0.29) is 26.2 Å². The highest BCUT2D eigenvalue weighted by molar-refractivity contribution is 7.89. The number of rotatable bonds is 12. The van der Waals surface area contributed by atoms with Gasteiger partial charge in [-0.2, -0.15) is 4.31 Å². The van der Waals surface area contributed by atoms with E-state index in [0.717, 1.165) is 16.7 Å². The second kappa shape index (κ2) is 13.9. The molecule has 0 saturated heterocycles. The van der Waals surface area contributed by atoms with Gasteiger partial charge in [0.2, 0.25) is 15.4 Å². The molecule has 1 aliphatic rings. The summed E-state index contributed by atoms with van der Waals surface area (Å²) >= 11 is 0. The fraction of sp³-hybridized carbons (Fsp3) is 0.387. The van der Waals surface area contributed by atoms with Gasteiger partial charge in [-0.3, -0.25) is 5.01 Å². The smallest absolute Gasteiger partial charge is 0.407 e. The average molecular weight is 610 g/mol. The minimum Gasteiger partial charge on any atom is -0.497 e. The fourth-order valence-corrected chi connectivity index (χ4v) is 6.37. The van der Waals surface area contributed by atoms with E-state index in [2.05, 4.69) is 15.7 Å². The maximum Gasteiger partial charge on any atom is 0.407 e. The van der Waals surface area contributed by atoms with Crippen LogP contribution in [0.5, 0.6) is 11.5 Å². The molecule has 0 bridgehead atoms. The molecule has 0 unspecified atom stereocenters. The number of ether oxygens (including phenoxy) is 3. The van der Waals surface area contributed by atoms with Gasteiger partial charge in [0.15, 0.2) is 0 Å². The number of hydrogen-bond donors (Lipinski definition) is 1. The molecule has 0 fully saturated rings. The van der Waals surface area contributed by atoms with E-state index >= 15 is 0 Å². The molecule has 43 heavy (non-hydrogen) atoms. The largest absolute Gasteiger partial charge is 0.497 e. The van der Waals surface area contributed by atoms with E-state index in [1.807, 2.05) is 54.6 Å². The first-order valence-electron chi connectivity index (χ1n) is 13.9. The van der Waals surface area contributed by atoms with Crippen molar-refractivity contribution in [2.45, 2.75) is 50.9 Å². The van der Waals surface area contributed by atoms with Crippen LogP contribution in [0.4, 0.5) is 4.79 Å². The third-order valence-corrected chi connectivity index (χ3v) is 8.66. The molecule has 1 amide bonds. The molecular formula is C31H39N5O6S. The molecule has 11 nitrogen and oxygen atoms in total. The third-order valence-electron chi connectivity index (χ3n) is 6.72. The van der Waals surface area contributed by atoms with E-state index in [4.69, 9.17) is 14.2 Å². The summed E-state index contributed by atoms with van der Waals surface area (Å²) in [5.41, 5.74) is 1.69. The summed E-state index contributed by atoms with van der Waals surface area (Å²) < 4.78 is 46.2. The number of amides is 1. The van der Waals surface area contributed by atoms with Crippen LogP contribution in [0.1, 0.15) is 43.5 Å². The van der Waals surface area contributed by atoms with Crippen molar-refractivity contribution in [1.29, 1.82) is 0 Å². The van der Waals surface area contributed by atoms with Crippen molar-refractivity contribution in [2.75, 3.05) is 27.3 Å². The van der Waals surface area contributed by atoms with Crippen LogP contribution >= 0.6 is 0 Å². The van der Waals surface area contributed by atoms with Gasteiger partial charge in [0, 0.05) is 19.6 Å². The molecule has 2 atom stereocenters. The minimum atomic E-state index is -4.07. The van der Waals surface area contributed by atoms with Gasteiger partial charge in [-0.05, 0) is 61.7 Å². The Bertz CT molecular complexity index is 1430. The number of hydrogen-bond acceptors (Lipinski definition) is 9. The van der Waals surface area contributed by atoms with Gasteiger partial charge < -0.3 is 19.5 Å². The lowest BCUT2D eigenvalue weighted by atomic mass is 10.1. The number of carbonyl (C=O) groups excluding carboxylic acids is 1. The highest BCUT2D eigenvalue weighted by atomic mass is 32.2. The second-order valence-corrected chi connectivity index (χ2v) is 13.1. The number of carbonyl (C=O) groups is 1. The standard InChI is InChI=1S/C31H39N5O6S/c1-31(2,3)42-30(37)32-19-20-36-28(25-9-7-6-8-10-25)29(33-34-36)43(38,39)35(21-23-11-15-26(40-4)16-12-23)22-24-13-17-27(41-5)18-14-24/h6-18,28-29H,19-22H2,1-5H3,(H,32,37)/t28-,29-/m0/s1. The van der Waals surface area contributed by atoms with Gasteiger partial charge in [-0.25, -0.2) is 13.2 Å². The van der Waals surface area contributed by atoms with Gasteiger partial charge >= 0.3 is 6.09 Å². The first-order chi connectivity index (χ1) is 20.5. The molecule has 12 heteroatoms. The van der Waals surface area contributed by atoms with Crippen molar-refractivity contribution in [3.8, 4) is 11.5 Å². The quantitative estimate of drug-likeness (QED) is 0.295. The maximum atomic E-state index is 14.5. The van der Waals surface area contributed by atoms with Crippen LogP contribution in [0.25, 0.3) is 0 Å². The number of methoxy groups -OCH3 is 2. The van der Waals surface area contributed by atoms with E-state index in [1.54, 1.807) is 64.3 Å². The lowest BCUT2D eigenvalue weighted by Crippen LogP contribution is -2.43. The summed E-state index contributed by atoms with van der Waals surface area (Å²) in [4.78, 5) is 12.2. The summed E-state index contributed by atoms with van der Waals surface area (Å²) in [6.07, 6.45) is -0.561. The Labute approximate surface area is 253 Å². The second-order valence-electron chi connectivity index (χ2n) is 11.1. The Morgan fingerprint density at radius 3 is 1.91 bits per heavy atom. The molecule has 1 N–H and O–H groups in total. The molecule has 3 aromatic rings. The molecular weight excluding hydrogens is 570 g/mol. The zero-order chi connectivity index (χ0) is 31.0. The predicted molar refractivity (Wildman–Crippen MR) is 163 cm³/mol. The predicted octanol–water partition coefficient (Wildman–Crippen LogP) is 5.31. The highest BCUT2D eigenvalue weighted by Crippen LogP contribution is 2.37. The average Bonchev–Trinajstić information content (AvgIpc) is 3.42. The van der Waals surface area contributed by atoms with Gasteiger partial charge in [0.1, 0.15) is 23.1 Å². The van der Waals surface area contributed by atoms with E-state index in [0.29, 0.717) is 11.5 Å².